The molecule has 6 heteroatoms. The maximum atomic E-state index is 12.5. The second-order valence-electron chi connectivity index (χ2n) is 7.32. The molecule has 4 nitrogen and oxygen atoms in total. The molecular weight excluding hydrogens is 426 g/mol. The van der Waals surface area contributed by atoms with Crippen molar-refractivity contribution in [2.75, 3.05) is 11.1 Å². The lowest BCUT2D eigenvalue weighted by Crippen LogP contribution is -2.14. The minimum Gasteiger partial charge on any atom is -0.325 e. The summed E-state index contributed by atoms with van der Waals surface area (Å²) in [6, 6.07) is 23.6. The van der Waals surface area contributed by atoms with Crippen LogP contribution in [0, 0.1) is 13.8 Å². The molecule has 156 valence electrons. The molecule has 0 aliphatic heterocycles. The molecule has 0 unspecified atom stereocenters. The highest BCUT2D eigenvalue weighted by Gasteiger charge is 2.14. The van der Waals surface area contributed by atoms with Crippen LogP contribution >= 0.6 is 23.4 Å². The molecule has 0 bridgehead atoms. The number of aromatic nitrogens is 2. The first kappa shape index (κ1) is 21.2. The SMILES string of the molecule is Cc1ccc(NC(=O)CSc2nc(-c3ccc(Cl)cc3)cn2-c2ccc(C)cc2)cc1. The summed E-state index contributed by atoms with van der Waals surface area (Å²) in [5, 5.41) is 4.38. The number of carbonyl (C=O) groups excluding carboxylic acids is 1. The molecule has 3 aromatic carbocycles. The van der Waals surface area contributed by atoms with Gasteiger partial charge in [0, 0.05) is 28.2 Å². The van der Waals surface area contributed by atoms with Crippen LogP contribution in [0.25, 0.3) is 16.9 Å². The van der Waals surface area contributed by atoms with Crippen molar-refractivity contribution in [3.05, 3.63) is 95.1 Å². The molecule has 1 N–H and O–H groups in total. The van der Waals surface area contributed by atoms with Crippen molar-refractivity contribution in [1.82, 2.24) is 9.55 Å². The predicted octanol–water partition coefficient (Wildman–Crippen LogP) is 6.54. The quantitative estimate of drug-likeness (QED) is 0.341. The molecule has 0 aliphatic rings. The van der Waals surface area contributed by atoms with Crippen molar-refractivity contribution < 1.29 is 4.79 Å². The number of anilines is 1. The van der Waals surface area contributed by atoms with E-state index in [0.29, 0.717) is 5.02 Å². The van der Waals surface area contributed by atoms with Crippen LogP contribution in [-0.4, -0.2) is 21.2 Å². The number of imidazole rings is 1. The van der Waals surface area contributed by atoms with Gasteiger partial charge in [0.05, 0.1) is 11.4 Å². The molecule has 4 rings (SSSR count). The topological polar surface area (TPSA) is 46.9 Å². The van der Waals surface area contributed by atoms with Gasteiger partial charge in [0.1, 0.15) is 0 Å². The van der Waals surface area contributed by atoms with Gasteiger partial charge in [-0.05, 0) is 50.2 Å². The Hall–Kier alpha value is -3.02. The van der Waals surface area contributed by atoms with Gasteiger partial charge in [-0.3, -0.25) is 9.36 Å². The molecule has 0 fully saturated rings. The Labute approximate surface area is 191 Å². The van der Waals surface area contributed by atoms with Gasteiger partial charge in [-0.25, -0.2) is 4.98 Å². The smallest absolute Gasteiger partial charge is 0.234 e. The van der Waals surface area contributed by atoms with Crippen molar-refractivity contribution in [3.8, 4) is 16.9 Å². The van der Waals surface area contributed by atoms with Crippen LogP contribution in [0.15, 0.2) is 84.1 Å². The number of carbonyl (C=O) groups is 1. The van der Waals surface area contributed by atoms with E-state index in [9.17, 15) is 4.79 Å². The van der Waals surface area contributed by atoms with Crippen LogP contribution in [0.3, 0.4) is 0 Å². The van der Waals surface area contributed by atoms with E-state index in [1.807, 2.05) is 66.2 Å². The summed E-state index contributed by atoms with van der Waals surface area (Å²) in [7, 11) is 0. The van der Waals surface area contributed by atoms with E-state index in [-0.39, 0.29) is 11.7 Å². The van der Waals surface area contributed by atoms with Crippen molar-refractivity contribution in [2.45, 2.75) is 19.0 Å². The molecule has 0 atom stereocenters. The van der Waals surface area contributed by atoms with Crippen LogP contribution in [-0.2, 0) is 4.79 Å². The Morgan fingerprint density at radius 2 is 1.55 bits per heavy atom. The zero-order valence-electron chi connectivity index (χ0n) is 17.3. The van der Waals surface area contributed by atoms with Crippen LogP contribution < -0.4 is 5.32 Å². The van der Waals surface area contributed by atoms with Gasteiger partial charge in [0.25, 0.3) is 0 Å². The third-order valence-electron chi connectivity index (χ3n) is 4.79. The number of nitrogens with zero attached hydrogens (tertiary/aromatic N) is 2. The molecule has 0 saturated heterocycles. The lowest BCUT2D eigenvalue weighted by Gasteiger charge is -2.08. The molecule has 1 aromatic heterocycles. The lowest BCUT2D eigenvalue weighted by molar-refractivity contribution is -0.113. The maximum absolute atomic E-state index is 12.5. The summed E-state index contributed by atoms with van der Waals surface area (Å²) in [5.41, 5.74) is 5.94. The second kappa shape index (κ2) is 9.41. The summed E-state index contributed by atoms with van der Waals surface area (Å²) in [4.78, 5) is 17.3. The van der Waals surface area contributed by atoms with Gasteiger partial charge >= 0.3 is 0 Å². The molecular formula is C25H22ClN3OS. The summed E-state index contributed by atoms with van der Waals surface area (Å²) >= 11 is 7.44. The first-order valence-corrected chi connectivity index (χ1v) is 11.3. The summed E-state index contributed by atoms with van der Waals surface area (Å²) in [6.45, 7) is 4.08. The number of nitrogens with one attached hydrogen (secondary N) is 1. The molecule has 1 heterocycles. The van der Waals surface area contributed by atoms with E-state index in [4.69, 9.17) is 16.6 Å². The molecule has 0 saturated carbocycles. The van der Waals surface area contributed by atoms with Crippen molar-refractivity contribution >= 4 is 35.0 Å². The molecule has 31 heavy (non-hydrogen) atoms. The Morgan fingerprint density at radius 3 is 2.19 bits per heavy atom. The second-order valence-corrected chi connectivity index (χ2v) is 8.70. The zero-order chi connectivity index (χ0) is 21.8. The van der Waals surface area contributed by atoms with Gasteiger partial charge < -0.3 is 5.32 Å². The Morgan fingerprint density at radius 1 is 0.935 bits per heavy atom. The number of aryl methyl sites for hydroxylation is 2. The predicted molar refractivity (Wildman–Crippen MR) is 129 cm³/mol. The minimum absolute atomic E-state index is 0.0691. The largest absolute Gasteiger partial charge is 0.325 e. The third-order valence-corrected chi connectivity index (χ3v) is 6.00. The van der Waals surface area contributed by atoms with E-state index in [2.05, 4.69) is 36.5 Å². The minimum atomic E-state index is -0.0691. The van der Waals surface area contributed by atoms with Crippen LogP contribution in [0.2, 0.25) is 5.02 Å². The monoisotopic (exact) mass is 447 g/mol. The van der Waals surface area contributed by atoms with Gasteiger partial charge in [0.2, 0.25) is 5.91 Å². The average molecular weight is 448 g/mol. The average Bonchev–Trinajstić information content (AvgIpc) is 3.19. The fourth-order valence-electron chi connectivity index (χ4n) is 3.08. The van der Waals surface area contributed by atoms with Gasteiger partial charge in [-0.15, -0.1) is 0 Å². The first-order chi connectivity index (χ1) is 15.0. The summed E-state index contributed by atoms with van der Waals surface area (Å²) < 4.78 is 2.02. The highest BCUT2D eigenvalue weighted by molar-refractivity contribution is 7.99. The van der Waals surface area contributed by atoms with E-state index < -0.39 is 0 Å². The molecule has 0 aliphatic carbocycles. The van der Waals surface area contributed by atoms with E-state index in [1.54, 1.807) is 0 Å². The number of hydrogen-bond donors (Lipinski definition) is 1. The van der Waals surface area contributed by atoms with Crippen LogP contribution in [0.5, 0.6) is 0 Å². The van der Waals surface area contributed by atoms with Gasteiger partial charge in [-0.1, -0.05) is 70.9 Å². The molecule has 1 amide bonds. The van der Waals surface area contributed by atoms with Crippen molar-refractivity contribution in [3.63, 3.8) is 0 Å². The first-order valence-electron chi connectivity index (χ1n) is 9.89. The molecule has 4 aromatic rings. The standard InChI is InChI=1S/C25H22ClN3OS/c1-17-3-11-21(12-4-17)27-24(30)16-31-25-28-23(19-7-9-20(26)10-8-19)15-29(25)22-13-5-18(2)6-14-22/h3-15H,16H2,1-2H3,(H,27,30). The number of benzene rings is 3. The van der Waals surface area contributed by atoms with Crippen LogP contribution in [0.4, 0.5) is 5.69 Å². The van der Waals surface area contributed by atoms with E-state index in [0.717, 1.165) is 33.4 Å². The Bertz CT molecular complexity index is 1180. The number of rotatable bonds is 6. The number of amides is 1. The normalized spacial score (nSPS) is 10.8. The number of halogens is 1. The van der Waals surface area contributed by atoms with Gasteiger partial charge in [-0.2, -0.15) is 0 Å². The number of hydrogen-bond acceptors (Lipinski definition) is 3. The zero-order valence-corrected chi connectivity index (χ0v) is 18.9. The highest BCUT2D eigenvalue weighted by Crippen LogP contribution is 2.28. The molecule has 0 radical (unpaired) electrons. The number of thioether (sulfide) groups is 1. The van der Waals surface area contributed by atoms with E-state index >= 15 is 0 Å². The Balaban J connectivity index is 1.57. The van der Waals surface area contributed by atoms with Crippen LogP contribution in [0.1, 0.15) is 11.1 Å². The molecule has 0 spiro atoms. The van der Waals surface area contributed by atoms with Gasteiger partial charge in [0.15, 0.2) is 5.16 Å². The third kappa shape index (κ3) is 5.37. The van der Waals surface area contributed by atoms with Crippen molar-refractivity contribution in [2.24, 2.45) is 0 Å². The highest BCUT2D eigenvalue weighted by atomic mass is 35.5. The van der Waals surface area contributed by atoms with E-state index in [1.165, 1.54) is 17.3 Å². The maximum Gasteiger partial charge on any atom is 0.234 e. The summed E-state index contributed by atoms with van der Waals surface area (Å²) in [6.07, 6.45) is 1.99. The fraction of sp³-hybridized carbons (Fsp3) is 0.120. The Kier molecular flexibility index (Phi) is 6.44. The van der Waals surface area contributed by atoms with Crippen molar-refractivity contribution in [1.29, 1.82) is 0 Å². The summed E-state index contributed by atoms with van der Waals surface area (Å²) in [5.74, 6) is 0.192. The fourth-order valence-corrected chi connectivity index (χ4v) is 4.00. The lowest BCUT2D eigenvalue weighted by atomic mass is 10.2.